The van der Waals surface area contributed by atoms with Gasteiger partial charge in [-0.05, 0) is 43.2 Å². The summed E-state index contributed by atoms with van der Waals surface area (Å²) in [6.45, 7) is 4.77. The van der Waals surface area contributed by atoms with E-state index in [0.717, 1.165) is 23.4 Å². The van der Waals surface area contributed by atoms with Crippen molar-refractivity contribution >= 4 is 11.6 Å². The summed E-state index contributed by atoms with van der Waals surface area (Å²) in [5, 5.41) is 4.16. The Morgan fingerprint density at radius 3 is 2.36 bits per heavy atom. The van der Waals surface area contributed by atoms with Crippen LogP contribution in [0.4, 0.5) is 0 Å². The molecule has 2 rings (SSSR count). The van der Waals surface area contributed by atoms with E-state index in [0.29, 0.717) is 12.2 Å². The molecule has 0 unspecified atom stereocenters. The summed E-state index contributed by atoms with van der Waals surface area (Å²) in [4.78, 5) is 12.2. The van der Waals surface area contributed by atoms with Gasteiger partial charge in [0.15, 0.2) is 0 Å². The zero-order valence-corrected chi connectivity index (χ0v) is 15.0. The van der Waals surface area contributed by atoms with Gasteiger partial charge in [0, 0.05) is 5.56 Å². The Bertz CT molecular complexity index is 679. The third-order valence-electron chi connectivity index (χ3n) is 3.90. The molecule has 0 radical (unpaired) electrons. The predicted molar refractivity (Wildman–Crippen MR) is 102 cm³/mol. The van der Waals surface area contributed by atoms with E-state index >= 15 is 0 Å². The first kappa shape index (κ1) is 18.7. The SMILES string of the molecule is CCCCCCOc1ccc(C(=O)NN=C(C)c2ccccc2)cc1. The lowest BCUT2D eigenvalue weighted by molar-refractivity contribution is 0.0955. The topological polar surface area (TPSA) is 50.7 Å². The van der Waals surface area contributed by atoms with E-state index in [1.54, 1.807) is 12.1 Å². The van der Waals surface area contributed by atoms with E-state index in [1.807, 2.05) is 49.4 Å². The lowest BCUT2D eigenvalue weighted by atomic mass is 10.1. The van der Waals surface area contributed by atoms with Crippen LogP contribution in [-0.4, -0.2) is 18.2 Å². The molecule has 0 aliphatic rings. The van der Waals surface area contributed by atoms with Crippen LogP contribution in [0.2, 0.25) is 0 Å². The number of nitrogens with zero attached hydrogens (tertiary/aromatic N) is 1. The predicted octanol–water partition coefficient (Wildman–Crippen LogP) is 4.80. The molecule has 0 bridgehead atoms. The molecule has 0 aromatic heterocycles. The highest BCUT2D eigenvalue weighted by Gasteiger charge is 2.05. The molecule has 2 aromatic carbocycles. The number of unbranched alkanes of at least 4 members (excludes halogenated alkanes) is 3. The second-order valence-corrected chi connectivity index (χ2v) is 5.94. The fourth-order valence-corrected chi connectivity index (χ4v) is 2.36. The number of hydrogen-bond acceptors (Lipinski definition) is 3. The van der Waals surface area contributed by atoms with Gasteiger partial charge >= 0.3 is 0 Å². The summed E-state index contributed by atoms with van der Waals surface area (Å²) >= 11 is 0. The molecule has 25 heavy (non-hydrogen) atoms. The quantitative estimate of drug-likeness (QED) is 0.406. The Kier molecular flexibility index (Phi) is 7.70. The number of nitrogens with one attached hydrogen (secondary N) is 1. The summed E-state index contributed by atoms with van der Waals surface area (Å²) in [6, 6.07) is 16.9. The van der Waals surface area contributed by atoms with Crippen LogP contribution in [-0.2, 0) is 0 Å². The van der Waals surface area contributed by atoms with Crippen LogP contribution in [0.1, 0.15) is 55.5 Å². The average Bonchev–Trinajstić information content (AvgIpc) is 2.67. The summed E-state index contributed by atoms with van der Waals surface area (Å²) < 4.78 is 5.68. The largest absolute Gasteiger partial charge is 0.494 e. The molecule has 0 atom stereocenters. The van der Waals surface area contributed by atoms with E-state index in [-0.39, 0.29) is 5.91 Å². The highest BCUT2D eigenvalue weighted by Crippen LogP contribution is 2.13. The van der Waals surface area contributed by atoms with Gasteiger partial charge in [-0.3, -0.25) is 4.79 Å². The van der Waals surface area contributed by atoms with Crippen molar-refractivity contribution in [2.45, 2.75) is 39.5 Å². The summed E-state index contributed by atoms with van der Waals surface area (Å²) in [5.41, 5.74) is 4.90. The van der Waals surface area contributed by atoms with E-state index in [9.17, 15) is 4.79 Å². The van der Waals surface area contributed by atoms with Gasteiger partial charge in [-0.2, -0.15) is 5.10 Å². The van der Waals surface area contributed by atoms with Crippen LogP contribution in [0, 0.1) is 0 Å². The standard InChI is InChI=1S/C21H26N2O2/c1-3-4-5-9-16-25-20-14-12-19(13-15-20)21(24)23-22-17(2)18-10-7-6-8-11-18/h6-8,10-15H,3-5,9,16H2,1-2H3,(H,23,24). The second kappa shape index (κ2) is 10.3. The first-order valence-corrected chi connectivity index (χ1v) is 8.83. The monoisotopic (exact) mass is 338 g/mol. The van der Waals surface area contributed by atoms with Crippen LogP contribution in [0.25, 0.3) is 0 Å². The van der Waals surface area contributed by atoms with Gasteiger partial charge in [0.25, 0.3) is 5.91 Å². The van der Waals surface area contributed by atoms with Crippen molar-refractivity contribution in [3.05, 3.63) is 65.7 Å². The zero-order chi connectivity index (χ0) is 17.9. The first-order valence-electron chi connectivity index (χ1n) is 8.83. The van der Waals surface area contributed by atoms with Crippen LogP contribution >= 0.6 is 0 Å². The van der Waals surface area contributed by atoms with E-state index in [2.05, 4.69) is 17.5 Å². The number of ether oxygens (including phenoxy) is 1. The number of hydrazone groups is 1. The van der Waals surface area contributed by atoms with Crippen molar-refractivity contribution < 1.29 is 9.53 Å². The Labute approximate surface area is 149 Å². The fourth-order valence-electron chi connectivity index (χ4n) is 2.36. The molecular weight excluding hydrogens is 312 g/mol. The maximum Gasteiger partial charge on any atom is 0.271 e. The minimum absolute atomic E-state index is 0.232. The van der Waals surface area contributed by atoms with E-state index < -0.39 is 0 Å². The second-order valence-electron chi connectivity index (χ2n) is 5.94. The molecule has 0 aliphatic heterocycles. The lowest BCUT2D eigenvalue weighted by Gasteiger charge is -2.07. The molecule has 132 valence electrons. The summed E-state index contributed by atoms with van der Waals surface area (Å²) in [7, 11) is 0. The van der Waals surface area contributed by atoms with Crippen molar-refractivity contribution in [3.8, 4) is 5.75 Å². The van der Waals surface area contributed by atoms with Gasteiger partial charge in [0.1, 0.15) is 5.75 Å². The van der Waals surface area contributed by atoms with Crippen LogP contribution in [0.3, 0.4) is 0 Å². The number of carbonyl (C=O) groups excluding carboxylic acids is 1. The highest BCUT2D eigenvalue weighted by molar-refractivity contribution is 6.00. The zero-order valence-electron chi connectivity index (χ0n) is 15.0. The number of rotatable bonds is 9. The van der Waals surface area contributed by atoms with Gasteiger partial charge in [0.05, 0.1) is 12.3 Å². The molecule has 0 fully saturated rings. The van der Waals surface area contributed by atoms with E-state index in [1.165, 1.54) is 19.3 Å². The molecule has 0 spiro atoms. The van der Waals surface area contributed by atoms with Gasteiger partial charge in [-0.25, -0.2) is 5.43 Å². The number of carbonyl (C=O) groups is 1. The van der Waals surface area contributed by atoms with Gasteiger partial charge in [0.2, 0.25) is 0 Å². The Balaban J connectivity index is 1.83. The van der Waals surface area contributed by atoms with Gasteiger partial charge < -0.3 is 4.74 Å². The molecule has 0 heterocycles. The molecule has 4 nitrogen and oxygen atoms in total. The minimum atomic E-state index is -0.232. The van der Waals surface area contributed by atoms with E-state index in [4.69, 9.17) is 4.74 Å². The fraction of sp³-hybridized carbons (Fsp3) is 0.333. The molecule has 1 N–H and O–H groups in total. The molecule has 4 heteroatoms. The van der Waals surface area contributed by atoms with Crippen molar-refractivity contribution in [2.24, 2.45) is 5.10 Å². The molecule has 0 saturated carbocycles. The highest BCUT2D eigenvalue weighted by atomic mass is 16.5. The number of hydrogen-bond donors (Lipinski definition) is 1. The normalized spacial score (nSPS) is 11.2. The average molecular weight is 338 g/mol. The van der Waals surface area contributed by atoms with Gasteiger partial charge in [-0.15, -0.1) is 0 Å². The number of amides is 1. The van der Waals surface area contributed by atoms with Crippen LogP contribution in [0.5, 0.6) is 5.75 Å². The van der Waals surface area contributed by atoms with Crippen molar-refractivity contribution in [3.63, 3.8) is 0 Å². The maximum absolute atomic E-state index is 12.2. The third-order valence-corrected chi connectivity index (χ3v) is 3.90. The molecule has 0 aliphatic carbocycles. The Morgan fingerprint density at radius 2 is 1.68 bits per heavy atom. The lowest BCUT2D eigenvalue weighted by Crippen LogP contribution is -2.19. The summed E-state index contributed by atoms with van der Waals surface area (Å²) in [5.74, 6) is 0.557. The van der Waals surface area contributed by atoms with Crippen molar-refractivity contribution in [1.29, 1.82) is 0 Å². The molecule has 0 saturated heterocycles. The minimum Gasteiger partial charge on any atom is -0.494 e. The van der Waals surface area contributed by atoms with Crippen molar-refractivity contribution in [1.82, 2.24) is 5.43 Å². The summed E-state index contributed by atoms with van der Waals surface area (Å²) in [6.07, 6.45) is 4.71. The van der Waals surface area contributed by atoms with Crippen LogP contribution in [0.15, 0.2) is 59.7 Å². The molecule has 2 aromatic rings. The molecular formula is C21H26N2O2. The van der Waals surface area contributed by atoms with Crippen LogP contribution < -0.4 is 10.2 Å². The maximum atomic E-state index is 12.2. The Hall–Kier alpha value is -2.62. The number of benzene rings is 2. The smallest absolute Gasteiger partial charge is 0.271 e. The third kappa shape index (κ3) is 6.42. The molecule has 1 amide bonds. The van der Waals surface area contributed by atoms with Crippen molar-refractivity contribution in [2.75, 3.05) is 6.61 Å². The van der Waals surface area contributed by atoms with Gasteiger partial charge in [-0.1, -0.05) is 56.5 Å². The first-order chi connectivity index (χ1) is 12.2. The Morgan fingerprint density at radius 1 is 0.960 bits per heavy atom.